The first kappa shape index (κ1) is 14.8. The predicted octanol–water partition coefficient (Wildman–Crippen LogP) is 3.86. The molecule has 20 heavy (non-hydrogen) atoms. The normalized spacial score (nSPS) is 12.5. The molecule has 1 N–H and O–H groups in total. The summed E-state index contributed by atoms with van der Waals surface area (Å²) in [6.45, 7) is 4.26. The second-order valence-electron chi connectivity index (χ2n) is 4.89. The number of carbonyl (C=O) groups is 1. The van der Waals surface area contributed by atoms with Crippen LogP contribution in [0.1, 0.15) is 35.6 Å². The van der Waals surface area contributed by atoms with Crippen LogP contribution in [0.4, 0.5) is 13.2 Å². The third-order valence-electron chi connectivity index (χ3n) is 2.82. The van der Waals surface area contributed by atoms with Gasteiger partial charge in [0, 0.05) is 11.9 Å². The van der Waals surface area contributed by atoms with E-state index < -0.39 is 17.8 Å². The summed E-state index contributed by atoms with van der Waals surface area (Å²) in [4.78, 5) is 11.1. The van der Waals surface area contributed by atoms with E-state index in [0.717, 1.165) is 17.4 Å². The fourth-order valence-corrected chi connectivity index (χ4v) is 2.79. The summed E-state index contributed by atoms with van der Waals surface area (Å²) in [6.07, 6.45) is -3.91. The molecular weight excluding hydrogens is 293 g/mol. The summed E-state index contributed by atoms with van der Waals surface area (Å²) in [7, 11) is 0. The minimum atomic E-state index is -4.59. The number of hydrogen-bond donors (Lipinski definition) is 1. The molecule has 0 aromatic carbocycles. The maximum Gasteiger partial charge on any atom is 0.435 e. The summed E-state index contributed by atoms with van der Waals surface area (Å²) in [5, 5.41) is 12.4. The number of nitrogens with zero attached hydrogens (tertiary/aromatic N) is 2. The lowest BCUT2D eigenvalue weighted by Gasteiger charge is -2.05. The Morgan fingerprint density at radius 1 is 1.50 bits per heavy atom. The topological polar surface area (TPSA) is 55.1 Å². The minimum Gasteiger partial charge on any atom is -0.477 e. The van der Waals surface area contributed by atoms with E-state index in [2.05, 4.69) is 5.10 Å². The van der Waals surface area contributed by atoms with Gasteiger partial charge in [-0.1, -0.05) is 13.8 Å². The van der Waals surface area contributed by atoms with Crippen LogP contribution in [0.15, 0.2) is 6.07 Å². The predicted molar refractivity (Wildman–Crippen MR) is 69.0 cm³/mol. The SMILES string of the molecule is CC(C)CCn1nc(C(F)(F)F)c2cc(C(=O)O)sc21. The fourth-order valence-electron chi connectivity index (χ4n) is 1.81. The molecule has 0 saturated carbocycles. The number of carboxylic acid groups (broad SMARTS) is 1. The Bertz CT molecular complexity index is 643. The average Bonchev–Trinajstić information content (AvgIpc) is 2.82. The van der Waals surface area contributed by atoms with Gasteiger partial charge in [0.2, 0.25) is 0 Å². The molecule has 0 unspecified atom stereocenters. The molecule has 2 rings (SSSR count). The van der Waals surface area contributed by atoms with Crippen LogP contribution in [0.25, 0.3) is 10.2 Å². The van der Waals surface area contributed by atoms with Crippen molar-refractivity contribution in [1.29, 1.82) is 0 Å². The molecule has 0 aliphatic carbocycles. The Morgan fingerprint density at radius 3 is 2.65 bits per heavy atom. The molecule has 0 aliphatic rings. The maximum atomic E-state index is 12.9. The van der Waals surface area contributed by atoms with E-state index in [-0.39, 0.29) is 15.1 Å². The van der Waals surface area contributed by atoms with Crippen LogP contribution in [0, 0.1) is 5.92 Å². The van der Waals surface area contributed by atoms with Crippen LogP contribution < -0.4 is 0 Å². The average molecular weight is 306 g/mol. The van der Waals surface area contributed by atoms with Gasteiger partial charge >= 0.3 is 12.1 Å². The second kappa shape index (κ2) is 5.08. The first-order chi connectivity index (χ1) is 9.20. The molecule has 0 saturated heterocycles. The van der Waals surface area contributed by atoms with Gasteiger partial charge in [-0.25, -0.2) is 4.79 Å². The first-order valence-electron chi connectivity index (χ1n) is 6.01. The standard InChI is InChI=1S/C12H13F3N2O2S/c1-6(2)3-4-17-10-7(5-8(20-10)11(18)19)9(16-17)12(13,14)15/h5-6H,3-4H2,1-2H3,(H,18,19). The Labute approximate surface area is 116 Å². The van der Waals surface area contributed by atoms with Gasteiger partial charge in [-0.3, -0.25) is 4.68 Å². The van der Waals surface area contributed by atoms with E-state index in [0.29, 0.717) is 18.9 Å². The number of aromatic carboxylic acids is 1. The van der Waals surface area contributed by atoms with Crippen LogP contribution in [0.3, 0.4) is 0 Å². The summed E-state index contributed by atoms with van der Waals surface area (Å²) in [5.74, 6) is -0.905. The fraction of sp³-hybridized carbons (Fsp3) is 0.500. The van der Waals surface area contributed by atoms with Crippen LogP contribution in [-0.2, 0) is 12.7 Å². The van der Waals surface area contributed by atoms with Crippen molar-refractivity contribution in [2.75, 3.05) is 0 Å². The lowest BCUT2D eigenvalue weighted by Crippen LogP contribution is -2.09. The number of alkyl halides is 3. The second-order valence-corrected chi connectivity index (χ2v) is 5.92. The van der Waals surface area contributed by atoms with E-state index in [9.17, 15) is 18.0 Å². The molecular formula is C12H13F3N2O2S. The van der Waals surface area contributed by atoms with Gasteiger partial charge in [-0.2, -0.15) is 18.3 Å². The van der Waals surface area contributed by atoms with Crippen LogP contribution >= 0.6 is 11.3 Å². The number of rotatable bonds is 4. The molecule has 0 atom stereocenters. The van der Waals surface area contributed by atoms with Gasteiger partial charge in [0.1, 0.15) is 9.71 Å². The molecule has 2 heterocycles. The third-order valence-corrected chi connectivity index (χ3v) is 3.96. The highest BCUT2D eigenvalue weighted by Gasteiger charge is 2.37. The monoisotopic (exact) mass is 306 g/mol. The van der Waals surface area contributed by atoms with E-state index in [4.69, 9.17) is 5.11 Å². The molecule has 8 heteroatoms. The van der Waals surface area contributed by atoms with Crippen molar-refractivity contribution in [3.63, 3.8) is 0 Å². The van der Waals surface area contributed by atoms with Gasteiger partial charge in [0.25, 0.3) is 0 Å². The lowest BCUT2D eigenvalue weighted by molar-refractivity contribution is -0.140. The summed E-state index contributed by atoms with van der Waals surface area (Å²) >= 11 is 0.822. The minimum absolute atomic E-state index is 0.110. The van der Waals surface area contributed by atoms with Gasteiger partial charge in [-0.15, -0.1) is 11.3 Å². The maximum absolute atomic E-state index is 12.9. The zero-order valence-corrected chi connectivity index (χ0v) is 11.7. The van der Waals surface area contributed by atoms with Crippen molar-refractivity contribution in [3.8, 4) is 0 Å². The number of hydrogen-bond acceptors (Lipinski definition) is 3. The molecule has 0 amide bonds. The number of aromatic nitrogens is 2. The van der Waals surface area contributed by atoms with E-state index in [1.54, 1.807) is 0 Å². The van der Waals surface area contributed by atoms with E-state index >= 15 is 0 Å². The van der Waals surface area contributed by atoms with Crippen LogP contribution in [0.5, 0.6) is 0 Å². The van der Waals surface area contributed by atoms with Crippen molar-refractivity contribution < 1.29 is 23.1 Å². The Morgan fingerprint density at radius 2 is 2.15 bits per heavy atom. The molecule has 0 spiro atoms. The Kier molecular flexibility index (Phi) is 3.77. The van der Waals surface area contributed by atoms with Crippen LogP contribution in [0.2, 0.25) is 0 Å². The zero-order valence-electron chi connectivity index (χ0n) is 10.9. The van der Waals surface area contributed by atoms with Crippen molar-refractivity contribution in [2.45, 2.75) is 33.0 Å². The Hall–Kier alpha value is -1.57. The van der Waals surface area contributed by atoms with Gasteiger partial charge in [-0.05, 0) is 18.4 Å². The van der Waals surface area contributed by atoms with Crippen molar-refractivity contribution in [2.24, 2.45) is 5.92 Å². The molecule has 0 bridgehead atoms. The molecule has 4 nitrogen and oxygen atoms in total. The largest absolute Gasteiger partial charge is 0.477 e. The van der Waals surface area contributed by atoms with Gasteiger partial charge < -0.3 is 5.11 Å². The molecule has 2 aromatic heterocycles. The smallest absolute Gasteiger partial charge is 0.435 e. The highest BCUT2D eigenvalue weighted by atomic mass is 32.1. The van der Waals surface area contributed by atoms with Gasteiger partial charge in [0.05, 0.1) is 0 Å². The van der Waals surface area contributed by atoms with Crippen molar-refractivity contribution in [1.82, 2.24) is 9.78 Å². The third kappa shape index (κ3) is 2.79. The molecule has 0 aliphatic heterocycles. The van der Waals surface area contributed by atoms with Crippen molar-refractivity contribution in [3.05, 3.63) is 16.6 Å². The molecule has 2 aromatic rings. The van der Waals surface area contributed by atoms with Gasteiger partial charge in [0.15, 0.2) is 5.69 Å². The van der Waals surface area contributed by atoms with Crippen molar-refractivity contribution >= 4 is 27.5 Å². The molecule has 0 fully saturated rings. The van der Waals surface area contributed by atoms with E-state index in [1.165, 1.54) is 4.68 Å². The van der Waals surface area contributed by atoms with E-state index in [1.807, 2.05) is 13.8 Å². The number of thiophene rings is 1. The highest BCUT2D eigenvalue weighted by Crippen LogP contribution is 2.37. The molecule has 110 valence electrons. The Balaban J connectivity index is 2.54. The summed E-state index contributed by atoms with van der Waals surface area (Å²) in [6, 6.07) is 1.05. The lowest BCUT2D eigenvalue weighted by atomic mass is 10.1. The number of halogens is 3. The number of carboxylic acids is 1. The number of aryl methyl sites for hydroxylation is 1. The summed E-state index contributed by atoms with van der Waals surface area (Å²) in [5.41, 5.74) is -1.01. The summed E-state index contributed by atoms with van der Waals surface area (Å²) < 4.78 is 40.0. The zero-order chi connectivity index (χ0) is 15.1. The van der Waals surface area contributed by atoms with Crippen LogP contribution in [-0.4, -0.2) is 20.9 Å². The quantitative estimate of drug-likeness (QED) is 0.933. The molecule has 0 radical (unpaired) electrons. The number of fused-ring (bicyclic) bond motifs is 1. The highest BCUT2D eigenvalue weighted by molar-refractivity contribution is 7.20. The first-order valence-corrected chi connectivity index (χ1v) is 6.82.